The summed E-state index contributed by atoms with van der Waals surface area (Å²) in [6.07, 6.45) is -3.80. The molecule has 146 valence electrons. The number of halogens is 4. The third-order valence-electron chi connectivity index (χ3n) is 4.61. The first kappa shape index (κ1) is 21.3. The van der Waals surface area contributed by atoms with E-state index in [2.05, 4.69) is 10.6 Å². The minimum absolute atomic E-state index is 0. The van der Waals surface area contributed by atoms with E-state index >= 15 is 0 Å². The van der Waals surface area contributed by atoms with Gasteiger partial charge in [-0.2, -0.15) is 13.2 Å². The number of alkyl halides is 3. The molecular weight excluding hydrogens is 377 g/mol. The molecule has 0 aliphatic heterocycles. The molecule has 1 amide bonds. The van der Waals surface area contributed by atoms with Crippen LogP contribution in [0.25, 0.3) is 0 Å². The van der Waals surface area contributed by atoms with Crippen molar-refractivity contribution in [2.75, 3.05) is 11.9 Å². The number of rotatable bonds is 6. The van der Waals surface area contributed by atoms with Crippen molar-refractivity contribution in [1.29, 1.82) is 0 Å². The lowest BCUT2D eigenvalue weighted by Crippen LogP contribution is -2.18. The predicted octanol–water partition coefficient (Wildman–Crippen LogP) is 4.98. The van der Waals surface area contributed by atoms with Gasteiger partial charge in [0.05, 0.1) is 5.56 Å². The standard InChI is InChI=1S/C20H21F3N2O.ClH/c1-2-24-12-14-6-3-4-9-18(14)25-19(26)17-11-16(17)13-7-5-8-15(10-13)20(21,22)23;/h3-10,16-17,24H,2,11-12H2,1H3,(H,25,26);1H. The maximum Gasteiger partial charge on any atom is 0.416 e. The van der Waals surface area contributed by atoms with Gasteiger partial charge in [-0.3, -0.25) is 4.79 Å². The molecule has 1 aliphatic carbocycles. The number of anilines is 1. The van der Waals surface area contributed by atoms with Crippen LogP contribution in [0.2, 0.25) is 0 Å². The Hall–Kier alpha value is -2.05. The summed E-state index contributed by atoms with van der Waals surface area (Å²) in [5, 5.41) is 6.14. The molecule has 3 nitrogen and oxygen atoms in total. The van der Waals surface area contributed by atoms with E-state index in [9.17, 15) is 18.0 Å². The lowest BCUT2D eigenvalue weighted by Gasteiger charge is -2.12. The SMILES string of the molecule is CCNCc1ccccc1NC(=O)C1CC1c1cccc(C(F)(F)F)c1.Cl. The van der Waals surface area contributed by atoms with Crippen LogP contribution in [-0.2, 0) is 17.5 Å². The Kier molecular flexibility index (Phi) is 6.89. The predicted molar refractivity (Wildman–Crippen MR) is 102 cm³/mol. The van der Waals surface area contributed by atoms with Crippen molar-refractivity contribution >= 4 is 24.0 Å². The maximum atomic E-state index is 12.9. The quantitative estimate of drug-likeness (QED) is 0.720. The van der Waals surface area contributed by atoms with Crippen LogP contribution in [0.4, 0.5) is 18.9 Å². The van der Waals surface area contributed by atoms with E-state index in [-0.39, 0.29) is 30.2 Å². The monoisotopic (exact) mass is 398 g/mol. The van der Waals surface area contributed by atoms with Crippen molar-refractivity contribution in [3.8, 4) is 0 Å². The zero-order valence-electron chi connectivity index (χ0n) is 14.8. The molecule has 7 heteroatoms. The van der Waals surface area contributed by atoms with Gasteiger partial charge in [-0.05, 0) is 42.1 Å². The number of nitrogens with one attached hydrogen (secondary N) is 2. The van der Waals surface area contributed by atoms with Crippen LogP contribution in [-0.4, -0.2) is 12.5 Å². The number of amides is 1. The first-order valence-corrected chi connectivity index (χ1v) is 8.66. The summed E-state index contributed by atoms with van der Waals surface area (Å²) in [5.74, 6) is -0.583. The van der Waals surface area contributed by atoms with Gasteiger partial charge in [0.25, 0.3) is 0 Å². The molecule has 0 saturated heterocycles. The fraction of sp³-hybridized carbons (Fsp3) is 0.350. The van der Waals surface area contributed by atoms with Gasteiger partial charge in [-0.25, -0.2) is 0 Å². The molecule has 0 heterocycles. The molecule has 1 saturated carbocycles. The van der Waals surface area contributed by atoms with Crippen LogP contribution in [0.3, 0.4) is 0 Å². The Morgan fingerprint density at radius 3 is 2.59 bits per heavy atom. The van der Waals surface area contributed by atoms with Gasteiger partial charge in [0.1, 0.15) is 0 Å². The van der Waals surface area contributed by atoms with E-state index < -0.39 is 11.7 Å². The summed E-state index contributed by atoms with van der Waals surface area (Å²) < 4.78 is 38.6. The fourth-order valence-corrected chi connectivity index (χ4v) is 3.08. The molecule has 3 rings (SSSR count). The second kappa shape index (κ2) is 8.76. The van der Waals surface area contributed by atoms with Crippen molar-refractivity contribution < 1.29 is 18.0 Å². The smallest absolute Gasteiger partial charge is 0.326 e. The van der Waals surface area contributed by atoms with Crippen LogP contribution < -0.4 is 10.6 Å². The molecule has 1 fully saturated rings. The van der Waals surface area contributed by atoms with E-state index in [0.717, 1.165) is 29.9 Å². The Morgan fingerprint density at radius 1 is 1.15 bits per heavy atom. The highest BCUT2D eigenvalue weighted by Crippen LogP contribution is 2.49. The van der Waals surface area contributed by atoms with Crippen LogP contribution >= 0.6 is 12.4 Å². The van der Waals surface area contributed by atoms with Crippen molar-refractivity contribution in [2.45, 2.75) is 32.0 Å². The second-order valence-corrected chi connectivity index (χ2v) is 6.50. The number of hydrogen-bond acceptors (Lipinski definition) is 2. The molecule has 2 N–H and O–H groups in total. The summed E-state index contributed by atoms with van der Waals surface area (Å²) in [7, 11) is 0. The molecule has 0 spiro atoms. The average molecular weight is 399 g/mol. The van der Waals surface area contributed by atoms with E-state index in [1.54, 1.807) is 6.07 Å². The summed E-state index contributed by atoms with van der Waals surface area (Å²) in [5.41, 5.74) is 1.63. The van der Waals surface area contributed by atoms with Crippen LogP contribution in [0.1, 0.15) is 36.0 Å². The molecule has 2 aromatic rings. The third kappa shape index (κ3) is 5.23. The van der Waals surface area contributed by atoms with E-state index in [1.165, 1.54) is 6.07 Å². The number of carbonyl (C=O) groups excluding carboxylic acids is 1. The van der Waals surface area contributed by atoms with Crippen LogP contribution in [0, 0.1) is 5.92 Å². The Bertz CT molecular complexity index is 795. The van der Waals surface area contributed by atoms with Gasteiger partial charge in [-0.1, -0.05) is 43.3 Å². The number of benzene rings is 2. The van der Waals surface area contributed by atoms with E-state index in [0.29, 0.717) is 18.5 Å². The highest BCUT2D eigenvalue weighted by molar-refractivity contribution is 5.95. The zero-order chi connectivity index (χ0) is 18.7. The zero-order valence-corrected chi connectivity index (χ0v) is 15.7. The highest BCUT2D eigenvalue weighted by atomic mass is 35.5. The largest absolute Gasteiger partial charge is 0.416 e. The van der Waals surface area contributed by atoms with Crippen LogP contribution in [0.5, 0.6) is 0 Å². The van der Waals surface area contributed by atoms with E-state index in [4.69, 9.17) is 0 Å². The lowest BCUT2D eigenvalue weighted by atomic mass is 10.0. The van der Waals surface area contributed by atoms with Crippen molar-refractivity contribution in [3.63, 3.8) is 0 Å². The van der Waals surface area contributed by atoms with Gasteiger partial charge in [0.2, 0.25) is 5.91 Å². The third-order valence-corrected chi connectivity index (χ3v) is 4.61. The van der Waals surface area contributed by atoms with Gasteiger partial charge in [-0.15, -0.1) is 12.4 Å². The molecule has 27 heavy (non-hydrogen) atoms. The first-order chi connectivity index (χ1) is 12.4. The summed E-state index contributed by atoms with van der Waals surface area (Å²) in [4.78, 5) is 12.5. The Balaban J connectivity index is 0.00000261. The molecule has 0 bridgehead atoms. The fourth-order valence-electron chi connectivity index (χ4n) is 3.08. The molecule has 0 aromatic heterocycles. The van der Waals surface area contributed by atoms with Gasteiger partial charge < -0.3 is 10.6 Å². The van der Waals surface area contributed by atoms with Crippen molar-refractivity contribution in [3.05, 3.63) is 65.2 Å². The Morgan fingerprint density at radius 2 is 1.89 bits per heavy atom. The van der Waals surface area contributed by atoms with E-state index in [1.807, 2.05) is 31.2 Å². The summed E-state index contributed by atoms with van der Waals surface area (Å²) >= 11 is 0. The van der Waals surface area contributed by atoms with Crippen molar-refractivity contribution in [1.82, 2.24) is 5.32 Å². The molecule has 0 radical (unpaired) electrons. The maximum absolute atomic E-state index is 12.9. The lowest BCUT2D eigenvalue weighted by molar-refractivity contribution is -0.137. The number of carbonyl (C=O) groups is 1. The first-order valence-electron chi connectivity index (χ1n) is 8.66. The summed E-state index contributed by atoms with van der Waals surface area (Å²) in [6.45, 7) is 3.47. The highest BCUT2D eigenvalue weighted by Gasteiger charge is 2.44. The number of para-hydroxylation sites is 1. The van der Waals surface area contributed by atoms with Crippen molar-refractivity contribution in [2.24, 2.45) is 5.92 Å². The van der Waals surface area contributed by atoms with Gasteiger partial charge >= 0.3 is 6.18 Å². The normalized spacial score (nSPS) is 18.5. The van der Waals surface area contributed by atoms with Gasteiger partial charge in [0, 0.05) is 18.2 Å². The van der Waals surface area contributed by atoms with Gasteiger partial charge in [0.15, 0.2) is 0 Å². The minimum atomic E-state index is -4.37. The topological polar surface area (TPSA) is 41.1 Å². The average Bonchev–Trinajstić information content (AvgIpc) is 3.41. The Labute approximate surface area is 162 Å². The summed E-state index contributed by atoms with van der Waals surface area (Å²) in [6, 6.07) is 12.8. The molecule has 1 aliphatic rings. The molecule has 2 atom stereocenters. The second-order valence-electron chi connectivity index (χ2n) is 6.50. The minimum Gasteiger partial charge on any atom is -0.326 e. The molecule has 2 aromatic carbocycles. The molecule has 2 unspecified atom stereocenters. The number of hydrogen-bond donors (Lipinski definition) is 2. The molecular formula is C20H22ClF3N2O. The van der Waals surface area contributed by atoms with Crippen LogP contribution in [0.15, 0.2) is 48.5 Å².